The molecule has 0 unspecified atom stereocenters. The summed E-state index contributed by atoms with van der Waals surface area (Å²) in [5, 5.41) is 15.3. The molecule has 3 aromatic heterocycles. The summed E-state index contributed by atoms with van der Waals surface area (Å²) in [6.45, 7) is 8.89. The zero-order valence-corrected chi connectivity index (χ0v) is 21.7. The number of carbonyl (C=O) groups excluding carboxylic acids is 2. The van der Waals surface area contributed by atoms with E-state index in [1.807, 2.05) is 27.7 Å². The van der Waals surface area contributed by atoms with E-state index in [0.29, 0.717) is 34.5 Å². The first-order valence-electron chi connectivity index (χ1n) is 11.7. The summed E-state index contributed by atoms with van der Waals surface area (Å²) in [6.07, 6.45) is 0. The number of anilines is 1. The van der Waals surface area contributed by atoms with Crippen LogP contribution in [0.3, 0.4) is 0 Å². The van der Waals surface area contributed by atoms with Gasteiger partial charge in [0.2, 0.25) is 5.82 Å². The van der Waals surface area contributed by atoms with E-state index in [1.165, 1.54) is 12.0 Å². The average Bonchev–Trinajstić information content (AvgIpc) is 3.57. The number of tetrazole rings is 1. The minimum atomic E-state index is -1.11. The van der Waals surface area contributed by atoms with Crippen molar-refractivity contribution < 1.29 is 23.2 Å². The second kappa shape index (κ2) is 10.3. The first-order valence-corrected chi connectivity index (χ1v) is 11.7. The van der Waals surface area contributed by atoms with Gasteiger partial charge in [-0.05, 0) is 76.2 Å². The van der Waals surface area contributed by atoms with E-state index >= 15 is 0 Å². The van der Waals surface area contributed by atoms with E-state index in [9.17, 15) is 9.59 Å². The molecule has 2 amide bonds. The lowest BCUT2D eigenvalue weighted by molar-refractivity contribution is -0.128. The quantitative estimate of drug-likeness (QED) is 0.382. The molecule has 0 fully saturated rings. The van der Waals surface area contributed by atoms with Gasteiger partial charge in [-0.2, -0.15) is 4.80 Å². The Morgan fingerprint density at radius 2 is 1.81 bits per heavy atom. The van der Waals surface area contributed by atoms with Crippen LogP contribution in [-0.4, -0.2) is 44.7 Å². The Hall–Kier alpha value is -4.41. The van der Waals surface area contributed by atoms with Gasteiger partial charge in [0.05, 0.1) is 7.11 Å². The SMILES string of the molecule is COc1cccc(N(C(=O)Cn2nnc(-c3ccc(C)o3)n2)[C@H](C(=O)NC(C)(C)C)c2ccc(C)o2)c1. The Balaban J connectivity index is 1.75. The van der Waals surface area contributed by atoms with Crippen LogP contribution in [0.2, 0.25) is 0 Å². The summed E-state index contributed by atoms with van der Waals surface area (Å²) in [5.74, 6) is 1.97. The lowest BCUT2D eigenvalue weighted by Gasteiger charge is -2.32. The van der Waals surface area contributed by atoms with Crippen molar-refractivity contribution in [2.75, 3.05) is 12.0 Å². The van der Waals surface area contributed by atoms with Crippen molar-refractivity contribution >= 4 is 17.5 Å². The fourth-order valence-electron chi connectivity index (χ4n) is 3.77. The topological polar surface area (TPSA) is 129 Å². The van der Waals surface area contributed by atoms with Crippen LogP contribution < -0.4 is 15.0 Å². The summed E-state index contributed by atoms with van der Waals surface area (Å²) < 4.78 is 16.8. The van der Waals surface area contributed by atoms with Gasteiger partial charge < -0.3 is 18.9 Å². The van der Waals surface area contributed by atoms with E-state index in [2.05, 4.69) is 20.7 Å². The molecule has 0 bridgehead atoms. The summed E-state index contributed by atoms with van der Waals surface area (Å²) in [7, 11) is 1.53. The van der Waals surface area contributed by atoms with Crippen molar-refractivity contribution in [1.82, 2.24) is 25.5 Å². The van der Waals surface area contributed by atoms with Crippen molar-refractivity contribution in [3.63, 3.8) is 0 Å². The molecule has 0 saturated carbocycles. The maximum Gasteiger partial charge on any atom is 0.251 e. The summed E-state index contributed by atoms with van der Waals surface area (Å²) in [5.41, 5.74) is -0.113. The summed E-state index contributed by atoms with van der Waals surface area (Å²) in [6, 6.07) is 12.7. The van der Waals surface area contributed by atoms with Gasteiger partial charge in [0.25, 0.3) is 11.8 Å². The Morgan fingerprint density at radius 3 is 2.43 bits per heavy atom. The molecule has 0 spiro atoms. The number of hydrogen-bond acceptors (Lipinski definition) is 8. The van der Waals surface area contributed by atoms with Gasteiger partial charge >= 0.3 is 0 Å². The molecule has 1 aromatic carbocycles. The minimum Gasteiger partial charge on any atom is -0.497 e. The van der Waals surface area contributed by atoms with Crippen molar-refractivity contribution in [2.45, 2.75) is 52.7 Å². The van der Waals surface area contributed by atoms with Gasteiger partial charge in [-0.15, -0.1) is 10.2 Å². The predicted molar refractivity (Wildman–Crippen MR) is 135 cm³/mol. The second-order valence-electron chi connectivity index (χ2n) is 9.61. The normalized spacial score (nSPS) is 12.3. The van der Waals surface area contributed by atoms with Crippen LogP contribution >= 0.6 is 0 Å². The number of amides is 2. The van der Waals surface area contributed by atoms with Crippen LogP contribution in [0.5, 0.6) is 5.75 Å². The third-order valence-electron chi connectivity index (χ3n) is 5.33. The highest BCUT2D eigenvalue weighted by atomic mass is 16.5. The number of furan rings is 2. The van der Waals surface area contributed by atoms with Crippen molar-refractivity contribution in [1.29, 1.82) is 0 Å². The number of benzene rings is 1. The number of rotatable bonds is 8. The number of nitrogens with zero attached hydrogens (tertiary/aromatic N) is 5. The third-order valence-corrected chi connectivity index (χ3v) is 5.33. The van der Waals surface area contributed by atoms with Crippen LogP contribution in [0.1, 0.15) is 44.1 Å². The maximum absolute atomic E-state index is 13.9. The lowest BCUT2D eigenvalue weighted by Crippen LogP contribution is -2.50. The number of nitrogens with one attached hydrogen (secondary N) is 1. The molecule has 0 aliphatic carbocycles. The van der Waals surface area contributed by atoms with Crippen molar-refractivity contribution in [3.05, 3.63) is 65.8 Å². The molecular formula is C26H30N6O5. The molecule has 37 heavy (non-hydrogen) atoms. The molecule has 1 atom stereocenters. The molecule has 0 saturated heterocycles. The molecule has 0 radical (unpaired) electrons. The number of aromatic nitrogens is 4. The lowest BCUT2D eigenvalue weighted by atomic mass is 10.1. The fourth-order valence-corrected chi connectivity index (χ4v) is 3.77. The molecule has 194 valence electrons. The van der Waals surface area contributed by atoms with E-state index in [0.717, 1.165) is 4.80 Å². The Labute approximate surface area is 214 Å². The van der Waals surface area contributed by atoms with E-state index in [1.54, 1.807) is 55.5 Å². The molecular weight excluding hydrogens is 476 g/mol. The molecule has 3 heterocycles. The Morgan fingerprint density at radius 1 is 1.08 bits per heavy atom. The number of methoxy groups -OCH3 is 1. The van der Waals surface area contributed by atoms with Crippen LogP contribution in [0.4, 0.5) is 5.69 Å². The highest BCUT2D eigenvalue weighted by Gasteiger charge is 2.37. The molecule has 11 nitrogen and oxygen atoms in total. The van der Waals surface area contributed by atoms with Crippen molar-refractivity contribution in [2.24, 2.45) is 0 Å². The van der Waals surface area contributed by atoms with Gasteiger partial charge in [0, 0.05) is 17.3 Å². The number of ether oxygens (including phenoxy) is 1. The van der Waals surface area contributed by atoms with Crippen LogP contribution in [0.15, 0.2) is 57.4 Å². The van der Waals surface area contributed by atoms with Crippen LogP contribution in [0.25, 0.3) is 11.6 Å². The Kier molecular flexibility index (Phi) is 7.14. The average molecular weight is 507 g/mol. The standard InChI is InChI=1S/C26H30N6O5/c1-16-10-12-20(36-16)23(25(34)27-26(3,4)5)32(18-8-7-9-19(14-18)35-6)22(33)15-31-29-24(28-30-31)21-13-11-17(2)37-21/h7-14,23H,15H2,1-6H3,(H,27,34)/t23-/m0/s1. The molecule has 4 rings (SSSR count). The van der Waals surface area contributed by atoms with E-state index in [-0.39, 0.29) is 12.4 Å². The highest BCUT2D eigenvalue weighted by Crippen LogP contribution is 2.32. The van der Waals surface area contributed by atoms with E-state index in [4.69, 9.17) is 13.6 Å². The number of carbonyl (C=O) groups is 2. The van der Waals surface area contributed by atoms with Crippen LogP contribution in [0, 0.1) is 13.8 Å². The molecule has 1 N–H and O–H groups in total. The van der Waals surface area contributed by atoms with Crippen LogP contribution in [-0.2, 0) is 16.1 Å². The molecule has 4 aromatic rings. The second-order valence-corrected chi connectivity index (χ2v) is 9.61. The van der Waals surface area contributed by atoms with Gasteiger partial charge in [-0.3, -0.25) is 14.5 Å². The monoisotopic (exact) mass is 506 g/mol. The molecule has 11 heteroatoms. The first-order chi connectivity index (χ1) is 17.5. The zero-order chi connectivity index (χ0) is 26.7. The Bertz CT molecular complexity index is 1400. The number of hydrogen-bond donors (Lipinski definition) is 1. The van der Waals surface area contributed by atoms with E-state index < -0.39 is 23.4 Å². The summed E-state index contributed by atoms with van der Waals surface area (Å²) >= 11 is 0. The van der Waals surface area contributed by atoms with Gasteiger partial charge in [-0.25, -0.2) is 0 Å². The van der Waals surface area contributed by atoms with Gasteiger partial charge in [0.1, 0.15) is 29.6 Å². The first kappa shape index (κ1) is 25.7. The third kappa shape index (κ3) is 6.05. The maximum atomic E-state index is 13.9. The molecule has 0 aliphatic rings. The minimum absolute atomic E-state index is 0.248. The van der Waals surface area contributed by atoms with Gasteiger partial charge in [0.15, 0.2) is 11.8 Å². The molecule has 0 aliphatic heterocycles. The number of aryl methyl sites for hydroxylation is 2. The zero-order valence-electron chi connectivity index (χ0n) is 21.7. The highest BCUT2D eigenvalue weighted by molar-refractivity contribution is 6.01. The predicted octanol–water partition coefficient (Wildman–Crippen LogP) is 3.84. The fraction of sp³-hybridized carbons (Fsp3) is 0.346. The largest absolute Gasteiger partial charge is 0.497 e. The smallest absolute Gasteiger partial charge is 0.251 e. The van der Waals surface area contributed by atoms with Crippen molar-refractivity contribution in [3.8, 4) is 17.3 Å². The summed E-state index contributed by atoms with van der Waals surface area (Å²) in [4.78, 5) is 30.0. The van der Waals surface area contributed by atoms with Gasteiger partial charge in [-0.1, -0.05) is 6.07 Å².